The van der Waals surface area contributed by atoms with Crippen molar-refractivity contribution in [2.45, 2.75) is 25.8 Å². The highest BCUT2D eigenvalue weighted by molar-refractivity contribution is 5.83. The van der Waals surface area contributed by atoms with E-state index < -0.39 is 0 Å². The van der Waals surface area contributed by atoms with E-state index in [9.17, 15) is 4.39 Å². The summed E-state index contributed by atoms with van der Waals surface area (Å²) in [5.74, 6) is 1.50. The van der Waals surface area contributed by atoms with Crippen LogP contribution in [0.15, 0.2) is 53.7 Å². The number of hydrogen-bond donors (Lipinski definition) is 3. The number of rotatable bonds is 5. The highest BCUT2D eigenvalue weighted by atomic mass is 19.1. The average molecular weight is 380 g/mol. The number of aromatic amines is 1. The van der Waals surface area contributed by atoms with Gasteiger partial charge in [0.1, 0.15) is 11.6 Å². The quantitative estimate of drug-likeness (QED) is 0.464. The molecule has 1 atom stereocenters. The minimum atomic E-state index is -0.218. The summed E-state index contributed by atoms with van der Waals surface area (Å²) in [4.78, 5) is 7.93. The Morgan fingerprint density at radius 2 is 2.18 bits per heavy atom. The number of ether oxygens (including phenoxy) is 1. The van der Waals surface area contributed by atoms with Gasteiger partial charge in [-0.25, -0.2) is 4.39 Å². The zero-order valence-corrected chi connectivity index (χ0v) is 16.0. The van der Waals surface area contributed by atoms with Gasteiger partial charge in [0.25, 0.3) is 0 Å². The fourth-order valence-electron chi connectivity index (χ4n) is 3.62. The first kappa shape index (κ1) is 18.3. The number of benzene rings is 2. The largest absolute Gasteiger partial charge is 0.493 e. The number of halogens is 1. The van der Waals surface area contributed by atoms with Crippen LogP contribution in [-0.2, 0) is 6.42 Å². The van der Waals surface area contributed by atoms with E-state index in [1.54, 1.807) is 12.1 Å². The molecule has 1 aromatic heterocycles. The molecule has 0 amide bonds. The van der Waals surface area contributed by atoms with Gasteiger partial charge in [-0.15, -0.1) is 0 Å². The minimum Gasteiger partial charge on any atom is -0.493 e. The van der Waals surface area contributed by atoms with Crippen molar-refractivity contribution in [1.82, 2.24) is 15.6 Å². The van der Waals surface area contributed by atoms with Crippen molar-refractivity contribution >= 4 is 16.9 Å². The zero-order chi connectivity index (χ0) is 19.3. The Balaban J connectivity index is 1.46. The van der Waals surface area contributed by atoms with Crippen molar-refractivity contribution in [3.63, 3.8) is 0 Å². The Kier molecular flexibility index (Phi) is 5.46. The number of aliphatic imine (C=N–C) groups is 1. The number of fused-ring (bicyclic) bond motifs is 2. The minimum absolute atomic E-state index is 0.171. The summed E-state index contributed by atoms with van der Waals surface area (Å²) in [6.45, 7) is 4.14. The Morgan fingerprint density at radius 1 is 1.29 bits per heavy atom. The van der Waals surface area contributed by atoms with Gasteiger partial charge < -0.3 is 20.4 Å². The summed E-state index contributed by atoms with van der Waals surface area (Å²) >= 11 is 0. The maximum atomic E-state index is 13.6. The number of nitrogens with zero attached hydrogens (tertiary/aromatic N) is 1. The van der Waals surface area contributed by atoms with Gasteiger partial charge in [0, 0.05) is 42.2 Å². The van der Waals surface area contributed by atoms with Crippen molar-refractivity contribution in [3.8, 4) is 5.75 Å². The molecule has 0 radical (unpaired) electrons. The summed E-state index contributed by atoms with van der Waals surface area (Å²) < 4.78 is 19.3. The fraction of sp³-hybridized carbons (Fsp3) is 0.318. The molecule has 1 aliphatic rings. The topological polar surface area (TPSA) is 61.4 Å². The van der Waals surface area contributed by atoms with Crippen LogP contribution >= 0.6 is 0 Å². The molecule has 28 heavy (non-hydrogen) atoms. The lowest BCUT2D eigenvalue weighted by Gasteiger charge is -2.28. The van der Waals surface area contributed by atoms with Crippen LogP contribution in [0.5, 0.6) is 5.75 Å². The molecule has 0 aliphatic carbocycles. The Labute approximate surface area is 164 Å². The van der Waals surface area contributed by atoms with Crippen molar-refractivity contribution in [2.24, 2.45) is 4.99 Å². The van der Waals surface area contributed by atoms with E-state index in [0.29, 0.717) is 13.2 Å². The second-order valence-electron chi connectivity index (χ2n) is 6.89. The van der Waals surface area contributed by atoms with Crippen LogP contribution in [0.2, 0.25) is 0 Å². The fourth-order valence-corrected chi connectivity index (χ4v) is 3.62. The van der Waals surface area contributed by atoms with Crippen LogP contribution in [0.4, 0.5) is 4.39 Å². The third-order valence-electron chi connectivity index (χ3n) is 4.99. The van der Waals surface area contributed by atoms with E-state index >= 15 is 0 Å². The molecule has 3 aromatic rings. The highest BCUT2D eigenvalue weighted by Gasteiger charge is 2.21. The van der Waals surface area contributed by atoms with Crippen LogP contribution in [0, 0.1) is 5.82 Å². The SMILES string of the molecule is CCNC(=NCCc1c[nH]c2ccc(F)cc12)NC1CCOc2ccccc21. The summed E-state index contributed by atoms with van der Waals surface area (Å²) in [5, 5.41) is 7.77. The van der Waals surface area contributed by atoms with Crippen LogP contribution in [-0.4, -0.2) is 30.6 Å². The van der Waals surface area contributed by atoms with Crippen molar-refractivity contribution in [3.05, 3.63) is 65.6 Å². The molecule has 5 nitrogen and oxygen atoms in total. The molecule has 6 heteroatoms. The van der Waals surface area contributed by atoms with Gasteiger partial charge in [-0.2, -0.15) is 0 Å². The molecule has 0 bridgehead atoms. The van der Waals surface area contributed by atoms with Gasteiger partial charge in [0.15, 0.2) is 5.96 Å². The molecule has 4 rings (SSSR count). The van der Waals surface area contributed by atoms with Gasteiger partial charge >= 0.3 is 0 Å². The Hall–Kier alpha value is -3.02. The predicted molar refractivity (Wildman–Crippen MR) is 110 cm³/mol. The highest BCUT2D eigenvalue weighted by Crippen LogP contribution is 2.31. The molecule has 1 unspecified atom stereocenters. The molecule has 2 heterocycles. The third-order valence-corrected chi connectivity index (χ3v) is 4.99. The number of H-pyrrole nitrogens is 1. The number of nitrogens with one attached hydrogen (secondary N) is 3. The number of hydrogen-bond acceptors (Lipinski definition) is 2. The number of aromatic nitrogens is 1. The molecule has 146 valence electrons. The first-order chi connectivity index (χ1) is 13.7. The zero-order valence-electron chi connectivity index (χ0n) is 16.0. The van der Waals surface area contributed by atoms with E-state index in [1.807, 2.05) is 24.4 Å². The molecule has 2 aromatic carbocycles. The van der Waals surface area contributed by atoms with E-state index in [-0.39, 0.29) is 11.9 Å². The predicted octanol–water partition coefficient (Wildman–Crippen LogP) is 3.93. The van der Waals surface area contributed by atoms with Gasteiger partial charge in [0.05, 0.1) is 12.6 Å². The molecule has 3 N–H and O–H groups in total. The number of guanidine groups is 1. The molecule has 0 saturated carbocycles. The molecule has 1 aliphatic heterocycles. The van der Waals surface area contributed by atoms with Crippen molar-refractivity contribution in [1.29, 1.82) is 0 Å². The van der Waals surface area contributed by atoms with Crippen LogP contribution in [0.1, 0.15) is 30.5 Å². The second kappa shape index (κ2) is 8.33. The smallest absolute Gasteiger partial charge is 0.191 e. The standard InChI is InChI=1S/C22H25FN4O/c1-2-24-22(27-20-10-12-28-21-6-4-3-5-17(20)21)25-11-9-15-14-26-19-8-7-16(23)13-18(15)19/h3-8,13-14,20,26H,2,9-12H2,1H3,(H2,24,25,27). The lowest BCUT2D eigenvalue weighted by atomic mass is 10.0. The molecule has 0 saturated heterocycles. The number of para-hydroxylation sites is 1. The lowest BCUT2D eigenvalue weighted by Crippen LogP contribution is -2.41. The normalized spacial score (nSPS) is 16.5. The molecular formula is C22H25FN4O. The summed E-state index contributed by atoms with van der Waals surface area (Å²) in [6.07, 6.45) is 3.57. The summed E-state index contributed by atoms with van der Waals surface area (Å²) in [6, 6.07) is 13.1. The van der Waals surface area contributed by atoms with E-state index in [0.717, 1.165) is 53.1 Å². The maximum Gasteiger partial charge on any atom is 0.191 e. The Morgan fingerprint density at radius 3 is 3.07 bits per heavy atom. The summed E-state index contributed by atoms with van der Waals surface area (Å²) in [5.41, 5.74) is 3.18. The van der Waals surface area contributed by atoms with Crippen LogP contribution in [0.3, 0.4) is 0 Å². The van der Waals surface area contributed by atoms with Crippen LogP contribution < -0.4 is 15.4 Å². The molecule has 0 spiro atoms. The monoisotopic (exact) mass is 380 g/mol. The molecular weight excluding hydrogens is 355 g/mol. The average Bonchev–Trinajstić information content (AvgIpc) is 3.10. The van der Waals surface area contributed by atoms with Gasteiger partial charge in [-0.1, -0.05) is 18.2 Å². The first-order valence-corrected chi connectivity index (χ1v) is 9.76. The first-order valence-electron chi connectivity index (χ1n) is 9.76. The van der Waals surface area contributed by atoms with Crippen molar-refractivity contribution < 1.29 is 9.13 Å². The van der Waals surface area contributed by atoms with Crippen LogP contribution in [0.25, 0.3) is 10.9 Å². The third kappa shape index (κ3) is 3.96. The summed E-state index contributed by atoms with van der Waals surface area (Å²) in [7, 11) is 0. The Bertz CT molecular complexity index is 982. The van der Waals surface area contributed by atoms with E-state index in [2.05, 4.69) is 28.6 Å². The molecule has 0 fully saturated rings. The van der Waals surface area contributed by atoms with Crippen molar-refractivity contribution in [2.75, 3.05) is 19.7 Å². The van der Waals surface area contributed by atoms with E-state index in [1.165, 1.54) is 6.07 Å². The second-order valence-corrected chi connectivity index (χ2v) is 6.89. The van der Waals surface area contributed by atoms with Gasteiger partial charge in [-0.05, 0) is 43.2 Å². The maximum absolute atomic E-state index is 13.6. The van der Waals surface area contributed by atoms with Gasteiger partial charge in [0.2, 0.25) is 0 Å². The van der Waals surface area contributed by atoms with E-state index in [4.69, 9.17) is 9.73 Å². The van der Waals surface area contributed by atoms with Gasteiger partial charge in [-0.3, -0.25) is 4.99 Å². The lowest BCUT2D eigenvalue weighted by molar-refractivity contribution is 0.261.